The van der Waals surface area contributed by atoms with Crippen LogP contribution < -0.4 is 4.74 Å². The first-order chi connectivity index (χ1) is 13.3. The van der Waals surface area contributed by atoms with Gasteiger partial charge in [0.2, 0.25) is 6.29 Å². The van der Waals surface area contributed by atoms with Crippen LogP contribution in [0.25, 0.3) is 11.1 Å². The fourth-order valence-electron chi connectivity index (χ4n) is 2.84. The Labute approximate surface area is 164 Å². The number of aliphatic hydroxyl groups excluding tert-OH is 4. The number of rotatable bonds is 5. The Morgan fingerprint density at radius 2 is 1.68 bits per heavy atom. The maximum Gasteiger partial charge on any atom is 0.269 e. The van der Waals surface area contributed by atoms with Crippen molar-refractivity contribution in [1.29, 1.82) is 0 Å². The number of aliphatic hydroxyl groups is 4. The lowest BCUT2D eigenvalue weighted by molar-refractivity contribution is -0.384. The zero-order chi connectivity index (χ0) is 20.4. The van der Waals surface area contributed by atoms with Gasteiger partial charge in [0, 0.05) is 12.1 Å². The molecular formula is C18H18ClNO8. The summed E-state index contributed by atoms with van der Waals surface area (Å²) in [5.74, 6) is 0.150. The summed E-state index contributed by atoms with van der Waals surface area (Å²) >= 11 is 6.23. The summed E-state index contributed by atoms with van der Waals surface area (Å²) in [6, 6.07) is 10.7. The summed E-state index contributed by atoms with van der Waals surface area (Å²) in [6.45, 7) is -0.572. The molecule has 0 bridgehead atoms. The zero-order valence-electron chi connectivity index (χ0n) is 14.4. The lowest BCUT2D eigenvalue weighted by Crippen LogP contribution is -2.60. The van der Waals surface area contributed by atoms with Gasteiger partial charge in [-0.05, 0) is 35.4 Å². The minimum atomic E-state index is -1.56. The first-order valence-electron chi connectivity index (χ1n) is 8.33. The Bertz CT molecular complexity index is 844. The number of hydrogen-bond acceptors (Lipinski definition) is 8. The van der Waals surface area contributed by atoms with Gasteiger partial charge in [0.1, 0.15) is 30.2 Å². The number of nitrogens with zero attached hydrogens (tertiary/aromatic N) is 1. The average Bonchev–Trinajstić information content (AvgIpc) is 2.69. The highest BCUT2D eigenvalue weighted by atomic mass is 35.5. The van der Waals surface area contributed by atoms with Crippen LogP contribution in [0.4, 0.5) is 5.69 Å². The van der Waals surface area contributed by atoms with Crippen LogP contribution in [0.5, 0.6) is 5.75 Å². The van der Waals surface area contributed by atoms with E-state index in [1.54, 1.807) is 24.3 Å². The standard InChI is InChI=1S/C18H18ClNO8/c19-12-7-10(9-1-4-11(5-2-9)20(25)26)3-6-13(12)27-18-17(24)16(23)15(22)14(8-21)28-18/h1-7,14-18,21-24H,8H2/t14-,15-,16+,17+,18+/m1/s1. The maximum absolute atomic E-state index is 10.7. The van der Waals surface area contributed by atoms with E-state index in [1.807, 2.05) is 0 Å². The summed E-state index contributed by atoms with van der Waals surface area (Å²) in [7, 11) is 0. The Morgan fingerprint density at radius 1 is 1.04 bits per heavy atom. The van der Waals surface area contributed by atoms with Crippen LogP contribution in [0.3, 0.4) is 0 Å². The van der Waals surface area contributed by atoms with Gasteiger partial charge >= 0.3 is 0 Å². The number of non-ortho nitro benzene ring substituents is 1. The largest absolute Gasteiger partial charge is 0.460 e. The first kappa shape index (κ1) is 20.5. The van der Waals surface area contributed by atoms with Gasteiger partial charge in [0.05, 0.1) is 16.6 Å². The van der Waals surface area contributed by atoms with Gasteiger partial charge in [0.15, 0.2) is 0 Å². The van der Waals surface area contributed by atoms with Crippen molar-refractivity contribution in [1.82, 2.24) is 0 Å². The third-order valence-electron chi connectivity index (χ3n) is 4.43. The second-order valence-electron chi connectivity index (χ2n) is 6.26. The van der Waals surface area contributed by atoms with E-state index in [-0.39, 0.29) is 16.5 Å². The molecule has 28 heavy (non-hydrogen) atoms. The quantitative estimate of drug-likeness (QED) is 0.423. The van der Waals surface area contributed by atoms with E-state index in [1.165, 1.54) is 18.2 Å². The van der Waals surface area contributed by atoms with Crippen molar-refractivity contribution in [2.75, 3.05) is 6.61 Å². The second kappa shape index (κ2) is 8.39. The van der Waals surface area contributed by atoms with E-state index < -0.39 is 42.2 Å². The molecule has 5 atom stereocenters. The molecule has 9 nitrogen and oxygen atoms in total. The molecule has 0 amide bonds. The first-order valence-corrected chi connectivity index (χ1v) is 8.71. The van der Waals surface area contributed by atoms with Crippen LogP contribution in [0, 0.1) is 10.1 Å². The molecule has 1 fully saturated rings. The van der Waals surface area contributed by atoms with Crippen LogP contribution in [0.1, 0.15) is 0 Å². The van der Waals surface area contributed by atoms with Crippen molar-refractivity contribution in [3.63, 3.8) is 0 Å². The normalized spacial score (nSPS) is 27.4. The fourth-order valence-corrected chi connectivity index (χ4v) is 3.07. The van der Waals surface area contributed by atoms with E-state index in [0.717, 1.165) is 0 Å². The van der Waals surface area contributed by atoms with Crippen molar-refractivity contribution in [2.24, 2.45) is 0 Å². The molecule has 2 aromatic carbocycles. The van der Waals surface area contributed by atoms with E-state index in [2.05, 4.69) is 0 Å². The van der Waals surface area contributed by atoms with Crippen molar-refractivity contribution in [3.05, 3.63) is 57.6 Å². The highest BCUT2D eigenvalue weighted by Gasteiger charge is 2.44. The van der Waals surface area contributed by atoms with E-state index in [0.29, 0.717) is 11.1 Å². The molecule has 0 saturated carbocycles. The van der Waals surface area contributed by atoms with Crippen molar-refractivity contribution in [3.8, 4) is 16.9 Å². The Balaban J connectivity index is 1.78. The highest BCUT2D eigenvalue weighted by Crippen LogP contribution is 2.33. The van der Waals surface area contributed by atoms with Gasteiger partial charge in [-0.1, -0.05) is 17.7 Å². The van der Waals surface area contributed by atoms with Gasteiger partial charge in [0.25, 0.3) is 5.69 Å². The molecule has 0 aromatic heterocycles. The third kappa shape index (κ3) is 4.09. The monoisotopic (exact) mass is 411 g/mol. The SMILES string of the molecule is O=[N+]([O-])c1ccc(-c2ccc(O[C@H]3O[C@H](CO)[C@@H](O)[C@H](O)[C@@H]3O)c(Cl)c2)cc1. The molecule has 150 valence electrons. The number of ether oxygens (including phenoxy) is 2. The average molecular weight is 412 g/mol. The minimum absolute atomic E-state index is 0.0302. The third-order valence-corrected chi connectivity index (χ3v) is 4.73. The predicted octanol–water partition coefficient (Wildman–Crippen LogP) is 1.09. The zero-order valence-corrected chi connectivity index (χ0v) is 15.1. The van der Waals surface area contributed by atoms with Crippen LogP contribution in [-0.2, 0) is 4.74 Å². The Morgan fingerprint density at radius 3 is 2.25 bits per heavy atom. The highest BCUT2D eigenvalue weighted by molar-refractivity contribution is 6.32. The summed E-state index contributed by atoms with van der Waals surface area (Å²) in [5, 5.41) is 49.8. The smallest absolute Gasteiger partial charge is 0.269 e. The molecule has 1 saturated heterocycles. The molecule has 0 radical (unpaired) electrons. The molecule has 10 heteroatoms. The van der Waals surface area contributed by atoms with Gasteiger partial charge in [-0.25, -0.2) is 0 Å². The summed E-state index contributed by atoms with van der Waals surface area (Å²) in [4.78, 5) is 10.2. The summed E-state index contributed by atoms with van der Waals surface area (Å²) < 4.78 is 10.8. The van der Waals surface area contributed by atoms with Crippen LogP contribution in [-0.4, -0.2) is 62.7 Å². The fraction of sp³-hybridized carbons (Fsp3) is 0.333. The summed E-state index contributed by atoms with van der Waals surface area (Å²) in [5.41, 5.74) is 1.35. The predicted molar refractivity (Wildman–Crippen MR) is 97.9 cm³/mol. The van der Waals surface area contributed by atoms with Crippen molar-refractivity contribution in [2.45, 2.75) is 30.7 Å². The lowest BCUT2D eigenvalue weighted by Gasteiger charge is -2.39. The Kier molecular flexibility index (Phi) is 6.14. The van der Waals surface area contributed by atoms with Crippen LogP contribution >= 0.6 is 11.6 Å². The molecule has 0 unspecified atom stereocenters. The van der Waals surface area contributed by atoms with Gasteiger partial charge in [-0.3, -0.25) is 10.1 Å². The number of benzene rings is 2. The van der Waals surface area contributed by atoms with Crippen molar-refractivity contribution >= 4 is 17.3 Å². The van der Waals surface area contributed by atoms with Gasteiger partial charge < -0.3 is 29.9 Å². The second-order valence-corrected chi connectivity index (χ2v) is 6.67. The number of nitro benzene ring substituents is 1. The molecule has 1 aliphatic heterocycles. The maximum atomic E-state index is 10.7. The summed E-state index contributed by atoms with van der Waals surface area (Å²) in [6.07, 6.45) is -7.04. The molecular weight excluding hydrogens is 394 g/mol. The molecule has 0 spiro atoms. The van der Waals surface area contributed by atoms with Gasteiger partial charge in [-0.2, -0.15) is 0 Å². The number of nitro groups is 1. The Hall–Kier alpha value is -2.27. The molecule has 3 rings (SSSR count). The van der Waals surface area contributed by atoms with E-state index in [9.17, 15) is 30.5 Å². The van der Waals surface area contributed by atoms with E-state index in [4.69, 9.17) is 21.1 Å². The van der Waals surface area contributed by atoms with Gasteiger partial charge in [-0.15, -0.1) is 0 Å². The lowest BCUT2D eigenvalue weighted by atomic mass is 9.99. The topological polar surface area (TPSA) is 143 Å². The number of halogens is 1. The molecule has 1 aliphatic rings. The van der Waals surface area contributed by atoms with Crippen molar-refractivity contribution < 1.29 is 34.8 Å². The molecule has 1 heterocycles. The number of hydrogen-bond donors (Lipinski definition) is 4. The van der Waals surface area contributed by atoms with E-state index >= 15 is 0 Å². The molecule has 4 N–H and O–H groups in total. The minimum Gasteiger partial charge on any atom is -0.460 e. The van der Waals surface area contributed by atoms with Crippen LogP contribution in [0.15, 0.2) is 42.5 Å². The van der Waals surface area contributed by atoms with Crippen LogP contribution in [0.2, 0.25) is 5.02 Å². The molecule has 0 aliphatic carbocycles. The molecule has 2 aromatic rings.